The van der Waals surface area contributed by atoms with Gasteiger partial charge in [0.25, 0.3) is 0 Å². The molecular weight excluding hydrogens is 158 g/mol. The van der Waals surface area contributed by atoms with Gasteiger partial charge in [-0.3, -0.25) is 4.79 Å². The Morgan fingerprint density at radius 3 is 2.91 bits per heavy atom. The SMILES string of the molecule is CC1=CSC(C)(C)CNC1=O. The molecule has 1 rings (SSSR count). The van der Waals surface area contributed by atoms with E-state index in [2.05, 4.69) is 19.2 Å². The molecule has 0 fully saturated rings. The van der Waals surface area contributed by atoms with Crippen molar-refractivity contribution in [3.8, 4) is 0 Å². The number of hydrogen-bond acceptors (Lipinski definition) is 2. The van der Waals surface area contributed by atoms with E-state index in [0.29, 0.717) is 0 Å². The normalized spacial score (nSPS) is 23.5. The lowest BCUT2D eigenvalue weighted by Gasteiger charge is -2.19. The van der Waals surface area contributed by atoms with Crippen LogP contribution in [0.5, 0.6) is 0 Å². The average Bonchev–Trinajstić information content (AvgIpc) is 2.03. The van der Waals surface area contributed by atoms with Gasteiger partial charge in [0.05, 0.1) is 0 Å². The predicted molar refractivity (Wildman–Crippen MR) is 48.4 cm³/mol. The number of amides is 1. The first-order valence-corrected chi connectivity index (χ1v) is 4.52. The van der Waals surface area contributed by atoms with Crippen molar-refractivity contribution in [1.29, 1.82) is 0 Å². The first-order valence-electron chi connectivity index (χ1n) is 3.64. The van der Waals surface area contributed by atoms with E-state index >= 15 is 0 Å². The standard InChI is InChI=1S/C8H13NOS/c1-6-4-11-8(2,3)5-9-7(6)10/h4H,5H2,1-3H3,(H,9,10). The third kappa shape index (κ3) is 2.26. The van der Waals surface area contributed by atoms with Crippen molar-refractivity contribution in [3.05, 3.63) is 11.0 Å². The lowest BCUT2D eigenvalue weighted by atomic mass is 10.2. The van der Waals surface area contributed by atoms with E-state index in [1.807, 2.05) is 12.3 Å². The van der Waals surface area contributed by atoms with Gasteiger partial charge in [-0.25, -0.2) is 0 Å². The molecule has 0 aromatic rings. The zero-order valence-corrected chi connectivity index (χ0v) is 7.92. The van der Waals surface area contributed by atoms with Crippen molar-refractivity contribution in [1.82, 2.24) is 5.32 Å². The smallest absolute Gasteiger partial charge is 0.247 e. The number of carbonyl (C=O) groups excluding carboxylic acids is 1. The van der Waals surface area contributed by atoms with E-state index < -0.39 is 0 Å². The Morgan fingerprint density at radius 1 is 1.64 bits per heavy atom. The molecule has 0 aromatic heterocycles. The molecule has 0 bridgehead atoms. The topological polar surface area (TPSA) is 29.1 Å². The molecule has 0 unspecified atom stereocenters. The van der Waals surface area contributed by atoms with Gasteiger partial charge in [0, 0.05) is 16.9 Å². The van der Waals surface area contributed by atoms with Gasteiger partial charge in [-0.15, -0.1) is 11.8 Å². The molecule has 1 heterocycles. The van der Waals surface area contributed by atoms with Crippen LogP contribution in [0, 0.1) is 0 Å². The lowest BCUT2D eigenvalue weighted by molar-refractivity contribution is -0.117. The Bertz CT molecular complexity index is 208. The average molecular weight is 171 g/mol. The summed E-state index contributed by atoms with van der Waals surface area (Å²) in [6, 6.07) is 0. The fraction of sp³-hybridized carbons (Fsp3) is 0.625. The largest absolute Gasteiger partial charge is 0.351 e. The van der Waals surface area contributed by atoms with E-state index in [-0.39, 0.29) is 10.7 Å². The van der Waals surface area contributed by atoms with Crippen molar-refractivity contribution in [3.63, 3.8) is 0 Å². The van der Waals surface area contributed by atoms with Crippen LogP contribution in [0.25, 0.3) is 0 Å². The Morgan fingerprint density at radius 2 is 2.27 bits per heavy atom. The highest BCUT2D eigenvalue weighted by Gasteiger charge is 2.22. The summed E-state index contributed by atoms with van der Waals surface area (Å²) in [7, 11) is 0. The van der Waals surface area contributed by atoms with E-state index in [4.69, 9.17) is 0 Å². The zero-order valence-electron chi connectivity index (χ0n) is 7.10. The quantitative estimate of drug-likeness (QED) is 0.599. The highest BCUT2D eigenvalue weighted by Crippen LogP contribution is 2.27. The van der Waals surface area contributed by atoms with Crippen LogP contribution in [0.15, 0.2) is 11.0 Å². The summed E-state index contributed by atoms with van der Waals surface area (Å²) in [5.74, 6) is 0.0584. The molecule has 1 aliphatic rings. The molecule has 1 amide bonds. The number of carbonyl (C=O) groups is 1. The van der Waals surface area contributed by atoms with Crippen LogP contribution >= 0.6 is 11.8 Å². The Kier molecular flexibility index (Phi) is 2.28. The molecule has 2 nitrogen and oxygen atoms in total. The highest BCUT2D eigenvalue weighted by molar-refractivity contribution is 8.03. The molecule has 0 saturated carbocycles. The molecule has 62 valence electrons. The molecule has 11 heavy (non-hydrogen) atoms. The molecule has 0 radical (unpaired) electrons. The Hall–Kier alpha value is -0.440. The van der Waals surface area contributed by atoms with Crippen molar-refractivity contribution in [2.45, 2.75) is 25.5 Å². The Balaban J connectivity index is 2.74. The molecule has 0 atom stereocenters. The van der Waals surface area contributed by atoms with Crippen LogP contribution in [0.2, 0.25) is 0 Å². The van der Waals surface area contributed by atoms with Crippen LogP contribution in [0.3, 0.4) is 0 Å². The lowest BCUT2D eigenvalue weighted by Crippen LogP contribution is -2.34. The van der Waals surface area contributed by atoms with E-state index in [9.17, 15) is 4.79 Å². The maximum Gasteiger partial charge on any atom is 0.247 e. The molecule has 1 N–H and O–H groups in total. The molecule has 0 spiro atoms. The van der Waals surface area contributed by atoms with Crippen molar-refractivity contribution >= 4 is 17.7 Å². The summed E-state index contributed by atoms with van der Waals surface area (Å²) in [5, 5.41) is 4.79. The molecule has 3 heteroatoms. The maximum absolute atomic E-state index is 11.1. The van der Waals surface area contributed by atoms with Crippen LogP contribution in [0.1, 0.15) is 20.8 Å². The van der Waals surface area contributed by atoms with E-state index in [1.54, 1.807) is 11.8 Å². The molecule has 1 aliphatic heterocycles. The Labute approximate surface area is 71.4 Å². The number of hydrogen-bond donors (Lipinski definition) is 1. The summed E-state index contributed by atoms with van der Waals surface area (Å²) in [6.45, 7) is 6.81. The van der Waals surface area contributed by atoms with Gasteiger partial charge in [0.15, 0.2) is 0 Å². The van der Waals surface area contributed by atoms with Crippen LogP contribution in [0.4, 0.5) is 0 Å². The van der Waals surface area contributed by atoms with Gasteiger partial charge < -0.3 is 5.32 Å². The summed E-state index contributed by atoms with van der Waals surface area (Å²) >= 11 is 1.71. The second-order valence-electron chi connectivity index (χ2n) is 3.36. The highest BCUT2D eigenvalue weighted by atomic mass is 32.2. The van der Waals surface area contributed by atoms with E-state index in [1.165, 1.54) is 0 Å². The van der Waals surface area contributed by atoms with Crippen LogP contribution in [-0.4, -0.2) is 17.2 Å². The molecule has 0 aromatic carbocycles. The molecule has 0 aliphatic carbocycles. The summed E-state index contributed by atoms with van der Waals surface area (Å²) in [6.07, 6.45) is 0. The molecule has 0 saturated heterocycles. The first kappa shape index (κ1) is 8.65. The summed E-state index contributed by atoms with van der Waals surface area (Å²) in [4.78, 5) is 11.1. The van der Waals surface area contributed by atoms with Gasteiger partial charge >= 0.3 is 0 Å². The second kappa shape index (κ2) is 2.89. The van der Waals surface area contributed by atoms with Crippen molar-refractivity contribution in [2.75, 3.05) is 6.54 Å². The third-order valence-corrected chi connectivity index (χ3v) is 2.84. The minimum atomic E-state index is 0.0584. The number of thioether (sulfide) groups is 1. The van der Waals surface area contributed by atoms with Crippen molar-refractivity contribution in [2.24, 2.45) is 0 Å². The molecular formula is C8H13NOS. The predicted octanol–water partition coefficient (Wildman–Crippen LogP) is 1.53. The van der Waals surface area contributed by atoms with Crippen molar-refractivity contribution < 1.29 is 4.79 Å². The van der Waals surface area contributed by atoms with Crippen LogP contribution in [-0.2, 0) is 4.79 Å². The van der Waals surface area contributed by atoms with Gasteiger partial charge in [-0.1, -0.05) is 0 Å². The number of rotatable bonds is 0. The van der Waals surface area contributed by atoms with Gasteiger partial charge in [-0.05, 0) is 26.2 Å². The second-order valence-corrected chi connectivity index (χ2v) is 4.94. The number of nitrogens with one attached hydrogen (secondary N) is 1. The van der Waals surface area contributed by atoms with Crippen LogP contribution < -0.4 is 5.32 Å². The fourth-order valence-electron chi connectivity index (χ4n) is 0.776. The zero-order chi connectivity index (χ0) is 8.48. The monoisotopic (exact) mass is 171 g/mol. The minimum Gasteiger partial charge on any atom is -0.351 e. The first-order chi connectivity index (χ1) is 5.01. The summed E-state index contributed by atoms with van der Waals surface area (Å²) in [5.41, 5.74) is 0.806. The van der Waals surface area contributed by atoms with Gasteiger partial charge in [0.1, 0.15) is 0 Å². The maximum atomic E-state index is 11.1. The van der Waals surface area contributed by atoms with Gasteiger partial charge in [0.2, 0.25) is 5.91 Å². The summed E-state index contributed by atoms with van der Waals surface area (Å²) < 4.78 is 0.132. The van der Waals surface area contributed by atoms with E-state index in [0.717, 1.165) is 12.1 Å². The third-order valence-electron chi connectivity index (χ3n) is 1.59. The fourth-order valence-corrected chi connectivity index (χ4v) is 1.53. The minimum absolute atomic E-state index is 0.0584. The van der Waals surface area contributed by atoms with Gasteiger partial charge in [-0.2, -0.15) is 0 Å².